The van der Waals surface area contributed by atoms with Crippen molar-refractivity contribution in [3.05, 3.63) is 104 Å². The Morgan fingerprint density at radius 3 is 2.39 bits per heavy atom. The molecule has 36 heavy (non-hydrogen) atoms. The van der Waals surface area contributed by atoms with Gasteiger partial charge in [0.05, 0.1) is 13.2 Å². The third-order valence-electron chi connectivity index (χ3n) is 7.26. The van der Waals surface area contributed by atoms with E-state index in [-0.39, 0.29) is 18.4 Å². The monoisotopic (exact) mass is 505 g/mol. The van der Waals surface area contributed by atoms with E-state index in [2.05, 4.69) is 25.7 Å². The van der Waals surface area contributed by atoms with Gasteiger partial charge in [0.25, 0.3) is 6.33 Å². The van der Waals surface area contributed by atoms with Gasteiger partial charge >= 0.3 is 7.82 Å². The first kappa shape index (κ1) is 24.9. The van der Waals surface area contributed by atoms with E-state index >= 15 is 0 Å². The minimum Gasteiger partial charge on any atom is -0.287 e. The lowest BCUT2D eigenvalue weighted by Crippen LogP contribution is -2.33. The van der Waals surface area contributed by atoms with Crippen molar-refractivity contribution in [3.63, 3.8) is 0 Å². The molecule has 1 aliphatic heterocycles. The van der Waals surface area contributed by atoms with Crippen LogP contribution in [0.4, 0.5) is 0 Å². The van der Waals surface area contributed by atoms with Crippen LogP contribution in [0.1, 0.15) is 25.5 Å². The van der Waals surface area contributed by atoms with Gasteiger partial charge in [0.2, 0.25) is 0 Å². The standard InChI is InChI=1S/C29H34N2O4P/c1-3-5-12-24-17-23(4-2)28-20-34-36(32,35-21-29(24)28)33-19-27-18-30(25-13-8-6-9-14-25)22-31(27)26-15-10-7-11-16-26/h4-16,18,22-24,28-29H,2-3,17,19-21H2,1H3/q+1/b12-5+/t23-,24+,28?,29+,36?/m1/s1. The van der Waals surface area contributed by atoms with Crippen molar-refractivity contribution in [1.29, 1.82) is 0 Å². The van der Waals surface area contributed by atoms with Gasteiger partial charge in [-0.25, -0.2) is 9.13 Å². The molecule has 3 aromatic rings. The Morgan fingerprint density at radius 1 is 1.06 bits per heavy atom. The second kappa shape index (κ2) is 11.1. The third-order valence-corrected chi connectivity index (χ3v) is 8.64. The zero-order chi connectivity index (χ0) is 25.0. The third kappa shape index (κ3) is 5.33. The second-order valence-corrected chi connectivity index (χ2v) is 11.1. The Morgan fingerprint density at radius 2 is 1.72 bits per heavy atom. The number of benzene rings is 2. The summed E-state index contributed by atoms with van der Waals surface area (Å²) >= 11 is 0. The number of fused-ring (bicyclic) bond motifs is 1. The molecule has 2 fully saturated rings. The van der Waals surface area contributed by atoms with Crippen molar-refractivity contribution in [1.82, 2.24) is 4.57 Å². The summed E-state index contributed by atoms with van der Waals surface area (Å²) in [7, 11) is -3.72. The molecule has 2 heterocycles. The number of aromatic nitrogens is 2. The van der Waals surface area contributed by atoms with Gasteiger partial charge in [0.1, 0.15) is 24.2 Å². The van der Waals surface area contributed by atoms with E-state index in [4.69, 9.17) is 13.6 Å². The molecule has 0 bridgehead atoms. The first-order chi connectivity index (χ1) is 17.6. The molecular weight excluding hydrogens is 471 g/mol. The summed E-state index contributed by atoms with van der Waals surface area (Å²) in [6.45, 7) is 6.96. The van der Waals surface area contributed by atoms with Gasteiger partial charge < -0.3 is 0 Å². The van der Waals surface area contributed by atoms with E-state index in [0.717, 1.165) is 29.9 Å². The number of para-hydroxylation sites is 2. The normalized spacial score (nSPS) is 28.1. The Kier molecular flexibility index (Phi) is 7.68. The number of allylic oxidation sites excluding steroid dienone is 3. The molecule has 1 saturated carbocycles. The number of rotatable bonds is 8. The summed E-state index contributed by atoms with van der Waals surface area (Å²) in [4.78, 5) is 0. The molecule has 0 N–H and O–H groups in total. The summed E-state index contributed by atoms with van der Waals surface area (Å²) in [5, 5.41) is 0. The highest BCUT2D eigenvalue weighted by molar-refractivity contribution is 7.48. The van der Waals surface area contributed by atoms with Crippen LogP contribution in [0.2, 0.25) is 0 Å². The van der Waals surface area contributed by atoms with Crippen molar-refractivity contribution < 1.29 is 22.7 Å². The van der Waals surface area contributed by atoms with Gasteiger partial charge in [-0.1, -0.05) is 61.5 Å². The summed E-state index contributed by atoms with van der Waals surface area (Å²) in [6.07, 6.45) is 12.5. The van der Waals surface area contributed by atoms with Gasteiger partial charge in [0.15, 0.2) is 5.69 Å². The van der Waals surface area contributed by atoms with Crippen LogP contribution in [0.3, 0.4) is 0 Å². The first-order valence-electron chi connectivity index (χ1n) is 12.7. The van der Waals surface area contributed by atoms with Crippen LogP contribution in [-0.2, 0) is 24.7 Å². The topological polar surface area (TPSA) is 53.6 Å². The molecule has 1 saturated heterocycles. The van der Waals surface area contributed by atoms with Gasteiger partial charge in [-0.15, -0.1) is 6.58 Å². The summed E-state index contributed by atoms with van der Waals surface area (Å²) in [5.41, 5.74) is 2.85. The molecule has 7 heteroatoms. The predicted octanol–water partition coefficient (Wildman–Crippen LogP) is 6.45. The van der Waals surface area contributed by atoms with Crippen LogP contribution >= 0.6 is 7.82 Å². The summed E-state index contributed by atoms with van der Waals surface area (Å²) in [6, 6.07) is 20.1. The number of hydrogen-bond donors (Lipinski definition) is 0. The fourth-order valence-electron chi connectivity index (χ4n) is 5.33. The van der Waals surface area contributed by atoms with E-state index in [9.17, 15) is 4.57 Å². The number of imidazole rings is 1. The smallest absolute Gasteiger partial charge is 0.287 e. The summed E-state index contributed by atoms with van der Waals surface area (Å²) in [5.74, 6) is 1.15. The van der Waals surface area contributed by atoms with Crippen molar-refractivity contribution in [2.75, 3.05) is 13.2 Å². The quantitative estimate of drug-likeness (QED) is 0.201. The van der Waals surface area contributed by atoms with Gasteiger partial charge in [-0.2, -0.15) is 4.57 Å². The number of nitrogens with zero attached hydrogens (tertiary/aromatic N) is 2. The van der Waals surface area contributed by atoms with Gasteiger partial charge in [-0.3, -0.25) is 13.6 Å². The summed E-state index contributed by atoms with van der Waals surface area (Å²) < 4.78 is 35.3. The molecule has 6 nitrogen and oxygen atoms in total. The minimum absolute atomic E-state index is 0.0887. The maximum absolute atomic E-state index is 13.6. The van der Waals surface area contributed by atoms with Crippen LogP contribution in [0.25, 0.3) is 11.4 Å². The molecule has 0 radical (unpaired) electrons. The first-order valence-corrected chi connectivity index (χ1v) is 14.1. The lowest BCUT2D eigenvalue weighted by Gasteiger charge is -2.19. The van der Waals surface area contributed by atoms with Crippen LogP contribution < -0.4 is 4.57 Å². The number of phosphoric acid groups is 1. The Balaban J connectivity index is 1.35. The lowest BCUT2D eigenvalue weighted by atomic mass is 9.88. The fourth-order valence-corrected chi connectivity index (χ4v) is 6.56. The molecule has 2 unspecified atom stereocenters. The van der Waals surface area contributed by atoms with E-state index in [1.807, 2.05) is 88.4 Å². The maximum atomic E-state index is 13.6. The molecule has 1 aliphatic carbocycles. The molecule has 0 spiro atoms. The minimum atomic E-state index is -3.72. The largest absolute Gasteiger partial charge is 0.475 e. The van der Waals surface area contributed by atoms with Crippen molar-refractivity contribution in [2.24, 2.45) is 23.7 Å². The van der Waals surface area contributed by atoms with Crippen molar-refractivity contribution >= 4 is 7.82 Å². The highest BCUT2D eigenvalue weighted by atomic mass is 31.2. The molecular formula is C29H34N2O4P+. The maximum Gasteiger partial charge on any atom is 0.475 e. The average molecular weight is 506 g/mol. The molecule has 5 atom stereocenters. The number of phosphoric ester groups is 1. The lowest BCUT2D eigenvalue weighted by molar-refractivity contribution is -0.605. The van der Waals surface area contributed by atoms with E-state index < -0.39 is 7.82 Å². The van der Waals surface area contributed by atoms with Gasteiger partial charge in [0, 0.05) is 0 Å². The van der Waals surface area contributed by atoms with Crippen molar-refractivity contribution in [2.45, 2.75) is 26.4 Å². The highest BCUT2D eigenvalue weighted by Gasteiger charge is 2.46. The Bertz CT molecular complexity index is 1240. The van der Waals surface area contributed by atoms with Crippen molar-refractivity contribution in [3.8, 4) is 11.4 Å². The van der Waals surface area contributed by atoms with Crippen LogP contribution in [0, 0.1) is 23.7 Å². The Labute approximate surface area is 213 Å². The second-order valence-electron chi connectivity index (χ2n) is 9.46. The highest BCUT2D eigenvalue weighted by Crippen LogP contribution is 2.56. The Hall–Kier alpha value is -2.76. The van der Waals surface area contributed by atoms with E-state index in [0.29, 0.717) is 25.0 Å². The van der Waals surface area contributed by atoms with Crippen LogP contribution in [0.5, 0.6) is 0 Å². The molecule has 5 rings (SSSR count). The molecule has 188 valence electrons. The SMILES string of the molecule is C=C[C@@H]1C[C@H](/C=C/CC)[C@@H]2COP(=O)(OCc3cn(-c4ccccc4)c[n+]3-c3ccccc3)OCC12. The molecule has 1 aromatic heterocycles. The van der Waals surface area contributed by atoms with E-state index in [1.165, 1.54) is 0 Å². The van der Waals surface area contributed by atoms with Crippen LogP contribution in [-0.4, -0.2) is 17.8 Å². The molecule has 2 aromatic carbocycles. The molecule has 2 aliphatic rings. The zero-order valence-corrected chi connectivity index (χ0v) is 21.6. The fraction of sp³-hybridized carbons (Fsp3) is 0.345. The van der Waals surface area contributed by atoms with Gasteiger partial charge in [-0.05, 0) is 60.8 Å². The average Bonchev–Trinajstić information content (AvgIpc) is 3.45. The predicted molar refractivity (Wildman–Crippen MR) is 140 cm³/mol. The van der Waals surface area contributed by atoms with Crippen LogP contribution in [0.15, 0.2) is 98.0 Å². The number of hydrogen-bond acceptors (Lipinski definition) is 4. The zero-order valence-electron chi connectivity index (χ0n) is 20.7. The van der Waals surface area contributed by atoms with E-state index in [1.54, 1.807) is 0 Å². The molecule has 0 amide bonds.